The van der Waals surface area contributed by atoms with E-state index in [1.807, 2.05) is 6.92 Å². The van der Waals surface area contributed by atoms with Gasteiger partial charge in [-0.1, -0.05) is 39.9 Å². The van der Waals surface area contributed by atoms with Crippen molar-refractivity contribution in [3.8, 4) is 0 Å². The highest BCUT2D eigenvalue weighted by Gasteiger charge is 2.08. The standard InChI is InChI=1S/C12H20N2S/c1-7(2)6-10-9(5)12(15)14-11(13-10)8(3)4/h7-8H,6H2,1-5H3,(H,13,14,15). The molecular weight excluding hydrogens is 204 g/mol. The van der Waals surface area contributed by atoms with Crippen LogP contribution in [0.2, 0.25) is 0 Å². The number of nitrogens with zero attached hydrogens (tertiary/aromatic N) is 1. The van der Waals surface area contributed by atoms with E-state index in [2.05, 4.69) is 37.7 Å². The molecule has 0 aliphatic rings. The van der Waals surface area contributed by atoms with Gasteiger partial charge in [0.1, 0.15) is 10.5 Å². The maximum Gasteiger partial charge on any atom is 0.132 e. The Kier molecular flexibility index (Phi) is 4.03. The molecule has 0 bridgehead atoms. The maximum absolute atomic E-state index is 5.27. The van der Waals surface area contributed by atoms with E-state index in [4.69, 9.17) is 12.2 Å². The molecule has 1 N–H and O–H groups in total. The Morgan fingerprint density at radius 1 is 1.27 bits per heavy atom. The Morgan fingerprint density at radius 3 is 2.33 bits per heavy atom. The zero-order valence-corrected chi connectivity index (χ0v) is 11.0. The third kappa shape index (κ3) is 3.13. The van der Waals surface area contributed by atoms with Crippen LogP contribution in [0.3, 0.4) is 0 Å². The Balaban J connectivity index is 3.19. The average molecular weight is 224 g/mol. The van der Waals surface area contributed by atoms with Gasteiger partial charge < -0.3 is 4.98 Å². The first-order valence-electron chi connectivity index (χ1n) is 5.51. The van der Waals surface area contributed by atoms with Crippen LogP contribution >= 0.6 is 12.2 Å². The van der Waals surface area contributed by atoms with Crippen molar-refractivity contribution in [1.82, 2.24) is 9.97 Å². The lowest BCUT2D eigenvalue weighted by molar-refractivity contribution is 0.621. The van der Waals surface area contributed by atoms with Gasteiger partial charge in [-0.15, -0.1) is 0 Å². The Labute approximate surface area is 97.1 Å². The number of H-pyrrole nitrogens is 1. The first-order chi connectivity index (χ1) is 6.91. The second-order valence-corrected chi connectivity index (χ2v) is 5.17. The molecule has 2 nitrogen and oxygen atoms in total. The summed E-state index contributed by atoms with van der Waals surface area (Å²) in [4.78, 5) is 7.81. The van der Waals surface area contributed by atoms with Crippen LogP contribution in [-0.2, 0) is 6.42 Å². The highest BCUT2D eigenvalue weighted by atomic mass is 32.1. The summed E-state index contributed by atoms with van der Waals surface area (Å²) in [5, 5.41) is 0. The van der Waals surface area contributed by atoms with Gasteiger partial charge in [0.2, 0.25) is 0 Å². The number of aromatic amines is 1. The topological polar surface area (TPSA) is 28.7 Å². The van der Waals surface area contributed by atoms with Crippen LogP contribution in [0, 0.1) is 17.5 Å². The van der Waals surface area contributed by atoms with Gasteiger partial charge in [-0.2, -0.15) is 0 Å². The third-order valence-corrected chi connectivity index (χ3v) is 2.83. The average Bonchev–Trinajstić information content (AvgIpc) is 2.11. The summed E-state index contributed by atoms with van der Waals surface area (Å²) in [5.41, 5.74) is 2.37. The second kappa shape index (κ2) is 4.88. The van der Waals surface area contributed by atoms with E-state index in [9.17, 15) is 0 Å². The molecule has 1 aromatic heterocycles. The van der Waals surface area contributed by atoms with Gasteiger partial charge in [0.05, 0.1) is 0 Å². The van der Waals surface area contributed by atoms with Crippen molar-refractivity contribution in [3.63, 3.8) is 0 Å². The van der Waals surface area contributed by atoms with Gasteiger partial charge in [-0.05, 0) is 19.3 Å². The molecule has 0 amide bonds. The number of hydrogen-bond donors (Lipinski definition) is 1. The molecule has 0 aliphatic heterocycles. The molecule has 15 heavy (non-hydrogen) atoms. The van der Waals surface area contributed by atoms with Gasteiger partial charge in [0.25, 0.3) is 0 Å². The van der Waals surface area contributed by atoms with Gasteiger partial charge in [-0.25, -0.2) is 4.98 Å². The normalized spacial score (nSPS) is 11.4. The van der Waals surface area contributed by atoms with Crippen LogP contribution in [0.1, 0.15) is 50.7 Å². The van der Waals surface area contributed by atoms with Crippen LogP contribution < -0.4 is 0 Å². The lowest BCUT2D eigenvalue weighted by atomic mass is 10.0. The van der Waals surface area contributed by atoms with E-state index in [-0.39, 0.29) is 0 Å². The molecule has 0 aromatic carbocycles. The Hall–Kier alpha value is -0.700. The van der Waals surface area contributed by atoms with Crippen LogP contribution in [0.25, 0.3) is 0 Å². The molecule has 0 unspecified atom stereocenters. The summed E-state index contributed by atoms with van der Waals surface area (Å²) >= 11 is 5.27. The summed E-state index contributed by atoms with van der Waals surface area (Å²) in [5.74, 6) is 2.04. The Bertz CT molecular complexity index is 391. The molecule has 1 heterocycles. The molecule has 0 aliphatic carbocycles. The van der Waals surface area contributed by atoms with E-state index in [0.717, 1.165) is 22.4 Å². The minimum Gasteiger partial charge on any atom is -0.347 e. The first kappa shape index (κ1) is 12.4. The molecular formula is C12H20N2S. The van der Waals surface area contributed by atoms with Crippen LogP contribution in [0.5, 0.6) is 0 Å². The monoisotopic (exact) mass is 224 g/mol. The largest absolute Gasteiger partial charge is 0.347 e. The molecule has 0 saturated heterocycles. The second-order valence-electron chi connectivity index (χ2n) is 4.78. The van der Waals surface area contributed by atoms with Crippen LogP contribution in [0.15, 0.2) is 0 Å². The van der Waals surface area contributed by atoms with Gasteiger partial charge in [0, 0.05) is 17.2 Å². The fourth-order valence-electron chi connectivity index (χ4n) is 1.48. The summed E-state index contributed by atoms with van der Waals surface area (Å²) in [6, 6.07) is 0. The smallest absolute Gasteiger partial charge is 0.132 e. The summed E-state index contributed by atoms with van der Waals surface area (Å²) in [6.07, 6.45) is 1.04. The number of nitrogens with one attached hydrogen (secondary N) is 1. The van der Waals surface area contributed by atoms with Crippen molar-refractivity contribution in [3.05, 3.63) is 21.7 Å². The molecule has 0 radical (unpaired) electrons. The summed E-state index contributed by atoms with van der Waals surface area (Å²) in [7, 11) is 0. The fourth-order valence-corrected chi connectivity index (χ4v) is 1.71. The predicted molar refractivity (Wildman–Crippen MR) is 66.8 cm³/mol. The first-order valence-corrected chi connectivity index (χ1v) is 5.92. The number of rotatable bonds is 3. The van der Waals surface area contributed by atoms with Crippen molar-refractivity contribution < 1.29 is 0 Å². The molecule has 3 heteroatoms. The number of hydrogen-bond acceptors (Lipinski definition) is 2. The fraction of sp³-hybridized carbons (Fsp3) is 0.667. The third-order valence-electron chi connectivity index (χ3n) is 2.43. The maximum atomic E-state index is 5.27. The van der Waals surface area contributed by atoms with E-state index in [1.54, 1.807) is 0 Å². The van der Waals surface area contributed by atoms with Crippen LogP contribution in [0.4, 0.5) is 0 Å². The van der Waals surface area contributed by atoms with Gasteiger partial charge in [0.15, 0.2) is 0 Å². The Morgan fingerprint density at radius 2 is 1.87 bits per heavy atom. The van der Waals surface area contributed by atoms with Gasteiger partial charge in [-0.3, -0.25) is 0 Å². The molecule has 0 saturated carbocycles. The molecule has 1 aromatic rings. The highest BCUT2D eigenvalue weighted by Crippen LogP contribution is 2.15. The van der Waals surface area contributed by atoms with Gasteiger partial charge >= 0.3 is 0 Å². The molecule has 0 fully saturated rings. The lowest BCUT2D eigenvalue weighted by Crippen LogP contribution is -2.07. The van der Waals surface area contributed by atoms with Crippen molar-refractivity contribution >= 4 is 12.2 Å². The minimum atomic E-state index is 0.401. The zero-order chi connectivity index (χ0) is 11.6. The zero-order valence-electron chi connectivity index (χ0n) is 10.2. The summed E-state index contributed by atoms with van der Waals surface area (Å²) in [6.45, 7) is 10.7. The highest BCUT2D eigenvalue weighted by molar-refractivity contribution is 7.71. The van der Waals surface area contributed by atoms with E-state index in [1.165, 1.54) is 5.69 Å². The summed E-state index contributed by atoms with van der Waals surface area (Å²) < 4.78 is 0.744. The van der Waals surface area contributed by atoms with Crippen molar-refractivity contribution in [2.75, 3.05) is 0 Å². The molecule has 1 rings (SSSR count). The van der Waals surface area contributed by atoms with E-state index >= 15 is 0 Å². The lowest BCUT2D eigenvalue weighted by Gasteiger charge is -2.12. The quantitative estimate of drug-likeness (QED) is 0.792. The van der Waals surface area contributed by atoms with Crippen molar-refractivity contribution in [2.24, 2.45) is 5.92 Å². The molecule has 84 valence electrons. The molecule has 0 atom stereocenters. The molecule has 0 spiro atoms. The van der Waals surface area contributed by atoms with E-state index in [0.29, 0.717) is 11.8 Å². The SMILES string of the molecule is Cc1c(CC(C)C)[nH]c(C(C)C)nc1=S. The predicted octanol–water partition coefficient (Wildman–Crippen LogP) is 3.77. The minimum absolute atomic E-state index is 0.401. The van der Waals surface area contributed by atoms with Crippen molar-refractivity contribution in [2.45, 2.75) is 47.0 Å². The van der Waals surface area contributed by atoms with Crippen LogP contribution in [-0.4, -0.2) is 9.97 Å². The van der Waals surface area contributed by atoms with Crippen molar-refractivity contribution in [1.29, 1.82) is 0 Å². The number of aromatic nitrogens is 2. The van der Waals surface area contributed by atoms with E-state index < -0.39 is 0 Å².